The van der Waals surface area contributed by atoms with Crippen LogP contribution in [0.25, 0.3) is 21.9 Å². The lowest BCUT2D eigenvalue weighted by Crippen LogP contribution is -2.49. The first-order valence-corrected chi connectivity index (χ1v) is 8.13. The summed E-state index contributed by atoms with van der Waals surface area (Å²) in [5.74, 6) is -2.00. The van der Waals surface area contributed by atoms with Gasteiger partial charge in [0.15, 0.2) is 0 Å². The number of carboxylic acid groups (broad SMARTS) is 1. The maximum Gasteiger partial charge on any atom is 0.328 e. The van der Waals surface area contributed by atoms with Crippen LogP contribution in [0, 0.1) is 5.82 Å². The number of benzene rings is 3. The molecule has 0 heterocycles. The SMILES string of the molecule is CC(C)(NC(=O)c1ccc2ccccc2c1-c1ccc(F)cc1)C(=O)O. The highest BCUT2D eigenvalue weighted by molar-refractivity contribution is 6.10. The van der Waals surface area contributed by atoms with Crippen LogP contribution in [0.2, 0.25) is 0 Å². The van der Waals surface area contributed by atoms with Gasteiger partial charge < -0.3 is 10.4 Å². The van der Waals surface area contributed by atoms with Gasteiger partial charge in [-0.05, 0) is 48.4 Å². The summed E-state index contributed by atoms with van der Waals surface area (Å²) in [7, 11) is 0. The summed E-state index contributed by atoms with van der Waals surface area (Å²) in [5.41, 5.74) is 0.246. The molecule has 5 heteroatoms. The summed E-state index contributed by atoms with van der Waals surface area (Å²) in [6.07, 6.45) is 0. The highest BCUT2D eigenvalue weighted by atomic mass is 19.1. The van der Waals surface area contributed by atoms with Crippen molar-refractivity contribution < 1.29 is 19.1 Å². The first-order valence-electron chi connectivity index (χ1n) is 8.13. The quantitative estimate of drug-likeness (QED) is 0.739. The van der Waals surface area contributed by atoms with E-state index in [2.05, 4.69) is 5.32 Å². The maximum atomic E-state index is 13.3. The predicted molar refractivity (Wildman–Crippen MR) is 98.5 cm³/mol. The molecule has 0 spiro atoms. The van der Waals surface area contributed by atoms with Crippen LogP contribution in [-0.4, -0.2) is 22.5 Å². The molecule has 0 radical (unpaired) electrons. The van der Waals surface area contributed by atoms with Gasteiger partial charge in [0.2, 0.25) is 0 Å². The van der Waals surface area contributed by atoms with Crippen molar-refractivity contribution in [1.82, 2.24) is 5.32 Å². The van der Waals surface area contributed by atoms with Crippen LogP contribution in [0.15, 0.2) is 60.7 Å². The molecular formula is C21H18FNO3. The Morgan fingerprint density at radius 2 is 1.62 bits per heavy atom. The van der Waals surface area contributed by atoms with Crippen molar-refractivity contribution in [2.45, 2.75) is 19.4 Å². The third-order valence-corrected chi connectivity index (χ3v) is 4.27. The molecule has 26 heavy (non-hydrogen) atoms. The van der Waals surface area contributed by atoms with Gasteiger partial charge in [-0.3, -0.25) is 4.79 Å². The molecule has 0 bridgehead atoms. The Hall–Kier alpha value is -3.21. The van der Waals surface area contributed by atoms with Gasteiger partial charge in [-0.1, -0.05) is 42.5 Å². The van der Waals surface area contributed by atoms with Gasteiger partial charge in [-0.15, -0.1) is 0 Å². The van der Waals surface area contributed by atoms with Crippen LogP contribution >= 0.6 is 0 Å². The molecule has 1 amide bonds. The second kappa shape index (κ2) is 6.59. The fourth-order valence-electron chi connectivity index (χ4n) is 2.79. The number of aliphatic carboxylic acids is 1. The zero-order valence-corrected chi connectivity index (χ0v) is 14.4. The van der Waals surface area contributed by atoms with Gasteiger partial charge >= 0.3 is 5.97 Å². The summed E-state index contributed by atoms with van der Waals surface area (Å²) in [4.78, 5) is 24.2. The highest BCUT2D eigenvalue weighted by Gasteiger charge is 2.30. The van der Waals surface area contributed by atoms with E-state index in [1.807, 2.05) is 30.3 Å². The van der Waals surface area contributed by atoms with Crippen molar-refractivity contribution in [3.63, 3.8) is 0 Å². The van der Waals surface area contributed by atoms with Crippen LogP contribution < -0.4 is 5.32 Å². The van der Waals surface area contributed by atoms with Gasteiger partial charge in [0, 0.05) is 11.1 Å². The molecular weight excluding hydrogens is 333 g/mol. The summed E-state index contributed by atoms with van der Waals surface area (Å²) in [6.45, 7) is 2.84. The number of carbonyl (C=O) groups excluding carboxylic acids is 1. The third-order valence-electron chi connectivity index (χ3n) is 4.27. The predicted octanol–water partition coefficient (Wildman–Crippen LogP) is 4.24. The zero-order chi connectivity index (χ0) is 18.9. The topological polar surface area (TPSA) is 66.4 Å². The van der Waals surface area contributed by atoms with Gasteiger partial charge in [-0.2, -0.15) is 0 Å². The summed E-state index contributed by atoms with van der Waals surface area (Å²) >= 11 is 0. The Morgan fingerprint density at radius 3 is 2.27 bits per heavy atom. The summed E-state index contributed by atoms with van der Waals surface area (Å²) in [5, 5.41) is 13.6. The second-order valence-electron chi connectivity index (χ2n) is 6.60. The zero-order valence-electron chi connectivity index (χ0n) is 14.4. The average molecular weight is 351 g/mol. The van der Waals surface area contributed by atoms with Crippen LogP contribution in [0.5, 0.6) is 0 Å². The minimum atomic E-state index is -1.41. The Labute approximate surface area is 150 Å². The molecule has 0 saturated heterocycles. The lowest BCUT2D eigenvalue weighted by molar-refractivity contribution is -0.143. The minimum Gasteiger partial charge on any atom is -0.480 e. The Bertz CT molecular complexity index is 994. The van der Waals surface area contributed by atoms with Gasteiger partial charge in [-0.25, -0.2) is 9.18 Å². The normalized spacial score (nSPS) is 11.3. The van der Waals surface area contributed by atoms with Gasteiger partial charge in [0.05, 0.1) is 0 Å². The van der Waals surface area contributed by atoms with Gasteiger partial charge in [0.1, 0.15) is 11.4 Å². The Balaban J connectivity index is 2.19. The smallest absolute Gasteiger partial charge is 0.328 e. The number of hydrogen-bond donors (Lipinski definition) is 2. The first kappa shape index (κ1) is 17.6. The number of halogens is 1. The second-order valence-corrected chi connectivity index (χ2v) is 6.60. The van der Waals surface area contributed by atoms with E-state index in [4.69, 9.17) is 0 Å². The Kier molecular flexibility index (Phi) is 4.47. The van der Waals surface area contributed by atoms with Crippen LogP contribution in [-0.2, 0) is 4.79 Å². The molecule has 4 nitrogen and oxygen atoms in total. The molecule has 0 aliphatic rings. The number of amides is 1. The number of carbonyl (C=O) groups is 2. The van der Waals surface area contributed by atoms with E-state index in [1.54, 1.807) is 18.2 Å². The molecule has 132 valence electrons. The molecule has 0 aliphatic carbocycles. The molecule has 0 saturated carbocycles. The van der Waals surface area contributed by atoms with E-state index in [0.29, 0.717) is 16.7 Å². The van der Waals surface area contributed by atoms with Crippen molar-refractivity contribution in [2.75, 3.05) is 0 Å². The summed E-state index contributed by atoms with van der Waals surface area (Å²) < 4.78 is 13.3. The monoisotopic (exact) mass is 351 g/mol. The van der Waals surface area contributed by atoms with E-state index in [-0.39, 0.29) is 5.82 Å². The number of rotatable bonds is 4. The van der Waals surface area contributed by atoms with E-state index in [0.717, 1.165) is 10.8 Å². The number of nitrogens with one attached hydrogen (secondary N) is 1. The first-order chi connectivity index (χ1) is 12.3. The van der Waals surface area contributed by atoms with Crippen LogP contribution in [0.3, 0.4) is 0 Å². The number of carboxylic acids is 1. The molecule has 3 aromatic rings. The van der Waals surface area contributed by atoms with Gasteiger partial charge in [0.25, 0.3) is 5.91 Å². The number of fused-ring (bicyclic) bond motifs is 1. The summed E-state index contributed by atoms with van der Waals surface area (Å²) in [6, 6.07) is 16.9. The maximum absolute atomic E-state index is 13.3. The lowest BCUT2D eigenvalue weighted by Gasteiger charge is -2.22. The molecule has 3 aromatic carbocycles. The Morgan fingerprint density at radius 1 is 0.962 bits per heavy atom. The average Bonchev–Trinajstić information content (AvgIpc) is 2.61. The minimum absolute atomic E-state index is 0.338. The fraction of sp³-hybridized carbons (Fsp3) is 0.143. The molecule has 0 atom stereocenters. The van der Waals surface area contributed by atoms with Crippen molar-refractivity contribution >= 4 is 22.6 Å². The van der Waals surface area contributed by atoms with Crippen molar-refractivity contribution in [3.8, 4) is 11.1 Å². The number of hydrogen-bond acceptors (Lipinski definition) is 2. The molecule has 2 N–H and O–H groups in total. The molecule has 0 aromatic heterocycles. The molecule has 0 aliphatic heterocycles. The van der Waals surface area contributed by atoms with E-state index < -0.39 is 17.4 Å². The van der Waals surface area contributed by atoms with Crippen molar-refractivity contribution in [1.29, 1.82) is 0 Å². The molecule has 0 fully saturated rings. The van der Waals surface area contributed by atoms with Crippen molar-refractivity contribution in [2.24, 2.45) is 0 Å². The van der Waals surface area contributed by atoms with Crippen LogP contribution in [0.1, 0.15) is 24.2 Å². The fourth-order valence-corrected chi connectivity index (χ4v) is 2.79. The van der Waals surface area contributed by atoms with Crippen molar-refractivity contribution in [3.05, 3.63) is 72.0 Å². The van der Waals surface area contributed by atoms with E-state index in [9.17, 15) is 19.1 Å². The van der Waals surface area contributed by atoms with Crippen LogP contribution in [0.4, 0.5) is 4.39 Å². The van der Waals surface area contributed by atoms with E-state index in [1.165, 1.54) is 26.0 Å². The molecule has 0 unspecified atom stereocenters. The molecule has 3 rings (SSSR count). The largest absolute Gasteiger partial charge is 0.480 e. The lowest BCUT2D eigenvalue weighted by atomic mass is 9.92. The highest BCUT2D eigenvalue weighted by Crippen LogP contribution is 2.32. The standard InChI is InChI=1S/C21H18FNO3/c1-21(2,20(25)26)23-19(24)17-12-9-13-5-3-4-6-16(13)18(17)14-7-10-15(22)11-8-14/h3-12H,1-2H3,(H,23,24)(H,25,26). The third kappa shape index (κ3) is 3.28. The van der Waals surface area contributed by atoms with E-state index >= 15 is 0 Å².